The van der Waals surface area contributed by atoms with Gasteiger partial charge in [0.2, 0.25) is 0 Å². The summed E-state index contributed by atoms with van der Waals surface area (Å²) in [7, 11) is 0. The van der Waals surface area contributed by atoms with Gasteiger partial charge in [-0.2, -0.15) is 0 Å². The maximum Gasteiger partial charge on any atom is -0.0386 e. The maximum atomic E-state index is 2.57. The Morgan fingerprint density at radius 3 is 2.00 bits per heavy atom. The summed E-state index contributed by atoms with van der Waals surface area (Å²) in [5.74, 6) is 4.26. The van der Waals surface area contributed by atoms with Gasteiger partial charge in [0.1, 0.15) is 0 Å². The van der Waals surface area contributed by atoms with Crippen molar-refractivity contribution in [3.05, 3.63) is 0 Å². The summed E-state index contributed by atoms with van der Waals surface area (Å²) >= 11 is 0. The predicted octanol–water partition coefficient (Wildman–Crippen LogP) is 5.81. The SMILES string of the molecule is CCCC1CCC(C(C)C2CCCCC2)CC1. The highest BCUT2D eigenvalue weighted by molar-refractivity contribution is 4.81. The van der Waals surface area contributed by atoms with Gasteiger partial charge < -0.3 is 0 Å². The van der Waals surface area contributed by atoms with E-state index in [4.69, 9.17) is 0 Å². The van der Waals surface area contributed by atoms with Gasteiger partial charge >= 0.3 is 0 Å². The highest BCUT2D eigenvalue weighted by atomic mass is 14.4. The fourth-order valence-corrected chi connectivity index (χ4v) is 4.46. The third-order valence-corrected chi connectivity index (χ3v) is 5.73. The maximum absolute atomic E-state index is 2.57. The van der Waals surface area contributed by atoms with E-state index < -0.39 is 0 Å². The van der Waals surface area contributed by atoms with Gasteiger partial charge in [-0.05, 0) is 36.5 Å². The molecule has 0 saturated heterocycles. The Balaban J connectivity index is 1.75. The van der Waals surface area contributed by atoms with E-state index >= 15 is 0 Å². The molecule has 0 aromatic rings. The van der Waals surface area contributed by atoms with Crippen LogP contribution in [0.25, 0.3) is 0 Å². The standard InChI is InChI=1S/C17H32/c1-3-7-15-10-12-17(13-11-15)14(2)16-8-5-4-6-9-16/h14-17H,3-13H2,1-2H3. The van der Waals surface area contributed by atoms with Crippen molar-refractivity contribution in [1.29, 1.82) is 0 Å². The fourth-order valence-electron chi connectivity index (χ4n) is 4.46. The Bertz CT molecular complexity index is 194. The van der Waals surface area contributed by atoms with Gasteiger partial charge in [-0.3, -0.25) is 0 Å². The minimum Gasteiger partial charge on any atom is -0.0654 e. The molecule has 0 spiro atoms. The smallest absolute Gasteiger partial charge is 0.0386 e. The first-order chi connectivity index (χ1) is 8.31. The third-order valence-electron chi connectivity index (χ3n) is 5.73. The minimum atomic E-state index is 1.03. The van der Waals surface area contributed by atoms with Gasteiger partial charge in [-0.25, -0.2) is 0 Å². The Morgan fingerprint density at radius 2 is 1.41 bits per heavy atom. The van der Waals surface area contributed by atoms with E-state index in [0.717, 1.165) is 23.7 Å². The molecule has 0 aromatic heterocycles. The van der Waals surface area contributed by atoms with Crippen LogP contribution in [0.3, 0.4) is 0 Å². The Kier molecular flexibility index (Phi) is 5.38. The molecule has 0 aromatic carbocycles. The van der Waals surface area contributed by atoms with Crippen LogP contribution >= 0.6 is 0 Å². The molecule has 0 amide bonds. The van der Waals surface area contributed by atoms with Crippen molar-refractivity contribution < 1.29 is 0 Å². The molecule has 0 radical (unpaired) electrons. The van der Waals surface area contributed by atoms with Crippen LogP contribution < -0.4 is 0 Å². The van der Waals surface area contributed by atoms with Gasteiger partial charge in [0.25, 0.3) is 0 Å². The molecule has 2 aliphatic rings. The molecule has 0 heterocycles. The Labute approximate surface area is 109 Å². The molecule has 2 rings (SSSR count). The van der Waals surface area contributed by atoms with E-state index in [-0.39, 0.29) is 0 Å². The fraction of sp³-hybridized carbons (Fsp3) is 1.00. The normalized spacial score (nSPS) is 33.5. The van der Waals surface area contributed by atoms with Gasteiger partial charge in [0.15, 0.2) is 0 Å². The average Bonchev–Trinajstić information content (AvgIpc) is 2.40. The zero-order valence-corrected chi connectivity index (χ0v) is 12.1. The van der Waals surface area contributed by atoms with Crippen molar-refractivity contribution in [3.63, 3.8) is 0 Å². The lowest BCUT2D eigenvalue weighted by atomic mass is 9.68. The molecule has 1 atom stereocenters. The monoisotopic (exact) mass is 236 g/mol. The molecular formula is C17H32. The first-order valence-corrected chi connectivity index (χ1v) is 8.31. The molecule has 2 fully saturated rings. The molecule has 0 aliphatic heterocycles. The molecule has 100 valence electrons. The Hall–Kier alpha value is 0. The van der Waals surface area contributed by atoms with E-state index in [2.05, 4.69) is 13.8 Å². The molecule has 2 aliphatic carbocycles. The first-order valence-electron chi connectivity index (χ1n) is 8.31. The summed E-state index contributed by atoms with van der Waals surface area (Å²) in [5, 5.41) is 0. The van der Waals surface area contributed by atoms with Crippen molar-refractivity contribution >= 4 is 0 Å². The number of hydrogen-bond donors (Lipinski definition) is 0. The van der Waals surface area contributed by atoms with Crippen LogP contribution in [-0.2, 0) is 0 Å². The number of hydrogen-bond acceptors (Lipinski definition) is 0. The van der Waals surface area contributed by atoms with Gasteiger partial charge in [-0.15, -0.1) is 0 Å². The van der Waals surface area contributed by atoms with E-state index in [1.807, 2.05) is 0 Å². The van der Waals surface area contributed by atoms with Crippen molar-refractivity contribution in [1.82, 2.24) is 0 Å². The Morgan fingerprint density at radius 1 is 0.824 bits per heavy atom. The minimum absolute atomic E-state index is 1.03. The second-order valence-electron chi connectivity index (χ2n) is 6.83. The van der Waals surface area contributed by atoms with Crippen LogP contribution in [0.4, 0.5) is 0 Å². The zero-order valence-electron chi connectivity index (χ0n) is 12.1. The molecule has 0 nitrogen and oxygen atoms in total. The summed E-state index contributed by atoms with van der Waals surface area (Å²) < 4.78 is 0. The lowest BCUT2D eigenvalue weighted by Crippen LogP contribution is -2.26. The van der Waals surface area contributed by atoms with Crippen molar-refractivity contribution in [3.8, 4) is 0 Å². The summed E-state index contributed by atoms with van der Waals surface area (Å²) in [6.45, 7) is 4.91. The van der Waals surface area contributed by atoms with Gasteiger partial charge in [0.05, 0.1) is 0 Å². The summed E-state index contributed by atoms with van der Waals surface area (Å²) in [6.07, 6.45) is 16.7. The molecule has 0 heteroatoms. The lowest BCUT2D eigenvalue weighted by Gasteiger charge is -2.37. The summed E-state index contributed by atoms with van der Waals surface area (Å²) in [5.41, 5.74) is 0. The first kappa shape index (κ1) is 13.4. The van der Waals surface area contributed by atoms with Crippen molar-refractivity contribution in [2.75, 3.05) is 0 Å². The summed E-state index contributed by atoms with van der Waals surface area (Å²) in [4.78, 5) is 0. The molecular weight excluding hydrogens is 204 g/mol. The van der Waals surface area contributed by atoms with Crippen LogP contribution in [0.5, 0.6) is 0 Å². The summed E-state index contributed by atoms with van der Waals surface area (Å²) in [6, 6.07) is 0. The number of rotatable bonds is 4. The third kappa shape index (κ3) is 3.73. The quantitative estimate of drug-likeness (QED) is 0.578. The largest absolute Gasteiger partial charge is 0.0654 e. The van der Waals surface area contributed by atoms with Crippen LogP contribution in [0, 0.1) is 23.7 Å². The highest BCUT2D eigenvalue weighted by Crippen LogP contribution is 2.41. The van der Waals surface area contributed by atoms with E-state index in [0.29, 0.717) is 0 Å². The van der Waals surface area contributed by atoms with E-state index in [9.17, 15) is 0 Å². The average molecular weight is 236 g/mol. The zero-order chi connectivity index (χ0) is 12.1. The molecule has 17 heavy (non-hydrogen) atoms. The van der Waals surface area contributed by atoms with Gasteiger partial charge in [0, 0.05) is 0 Å². The van der Waals surface area contributed by atoms with Crippen molar-refractivity contribution in [2.45, 2.75) is 84.5 Å². The highest BCUT2D eigenvalue weighted by Gasteiger charge is 2.30. The topological polar surface area (TPSA) is 0 Å². The van der Waals surface area contributed by atoms with E-state index in [1.54, 1.807) is 12.8 Å². The van der Waals surface area contributed by atoms with E-state index in [1.165, 1.54) is 57.8 Å². The second-order valence-corrected chi connectivity index (χ2v) is 6.83. The van der Waals surface area contributed by atoms with Crippen LogP contribution in [0.15, 0.2) is 0 Å². The van der Waals surface area contributed by atoms with Gasteiger partial charge in [-0.1, -0.05) is 71.6 Å². The van der Waals surface area contributed by atoms with Crippen LogP contribution in [0.2, 0.25) is 0 Å². The molecule has 0 N–H and O–H groups in total. The van der Waals surface area contributed by atoms with Crippen LogP contribution in [0.1, 0.15) is 84.5 Å². The molecule has 1 unspecified atom stereocenters. The molecule has 0 bridgehead atoms. The van der Waals surface area contributed by atoms with Crippen LogP contribution in [-0.4, -0.2) is 0 Å². The second kappa shape index (κ2) is 6.81. The lowest BCUT2D eigenvalue weighted by molar-refractivity contribution is 0.137. The molecule has 2 saturated carbocycles. The predicted molar refractivity (Wildman–Crippen MR) is 76.1 cm³/mol. The van der Waals surface area contributed by atoms with Crippen molar-refractivity contribution in [2.24, 2.45) is 23.7 Å².